The standard InChI is InChI=1S/C29H34N6O3/c1-29(2,3)26(28(38)34-18-22(36)15-25(34)27(37)30-4)35-17-21(31-32-35)16-33-23-13-9-8-12-20(23)14-24(33)19-10-6-5-7-11-19/h5-14,17,22,25-26,36H,15-16,18H2,1-4H3,(H,30,37)/t22?,25?,26-/m1/s1. The second kappa shape index (κ2) is 10.1. The normalized spacial score (nSPS) is 18.6. The van der Waals surface area contributed by atoms with Gasteiger partial charge >= 0.3 is 0 Å². The van der Waals surface area contributed by atoms with E-state index in [1.165, 1.54) is 11.9 Å². The van der Waals surface area contributed by atoms with Crippen molar-refractivity contribution in [1.29, 1.82) is 0 Å². The molecule has 5 rings (SSSR count). The Morgan fingerprint density at radius 3 is 2.53 bits per heavy atom. The Morgan fingerprint density at radius 2 is 1.82 bits per heavy atom. The molecule has 3 heterocycles. The van der Waals surface area contributed by atoms with Gasteiger partial charge in [-0.15, -0.1) is 5.10 Å². The van der Waals surface area contributed by atoms with Crippen molar-refractivity contribution in [2.75, 3.05) is 13.6 Å². The Morgan fingerprint density at radius 1 is 1.11 bits per heavy atom. The van der Waals surface area contributed by atoms with E-state index < -0.39 is 23.6 Å². The summed E-state index contributed by atoms with van der Waals surface area (Å²) in [6, 6.07) is 19.2. The van der Waals surface area contributed by atoms with E-state index in [0.717, 1.165) is 27.9 Å². The van der Waals surface area contributed by atoms with Gasteiger partial charge in [0.25, 0.3) is 0 Å². The zero-order valence-corrected chi connectivity index (χ0v) is 22.2. The lowest BCUT2D eigenvalue weighted by Gasteiger charge is -2.34. The SMILES string of the molecule is CNC(=O)C1CC(O)CN1C(=O)[C@@H](n1cc(Cn2c(-c3ccccc3)cc3ccccc32)nn1)C(C)(C)C. The van der Waals surface area contributed by atoms with Crippen molar-refractivity contribution in [2.24, 2.45) is 5.41 Å². The highest BCUT2D eigenvalue weighted by molar-refractivity contribution is 5.90. The molecule has 2 aromatic carbocycles. The highest BCUT2D eigenvalue weighted by Crippen LogP contribution is 2.35. The van der Waals surface area contributed by atoms with Crippen molar-refractivity contribution in [3.8, 4) is 11.3 Å². The summed E-state index contributed by atoms with van der Waals surface area (Å²) in [5, 5.41) is 22.8. The summed E-state index contributed by atoms with van der Waals surface area (Å²) >= 11 is 0. The molecular formula is C29H34N6O3. The molecule has 1 fully saturated rings. The number of rotatable bonds is 6. The molecule has 9 heteroatoms. The molecular weight excluding hydrogens is 480 g/mol. The average Bonchev–Trinajstić information content (AvgIpc) is 3.61. The van der Waals surface area contributed by atoms with Gasteiger partial charge in [-0.25, -0.2) is 4.68 Å². The van der Waals surface area contributed by atoms with Crippen LogP contribution in [0.4, 0.5) is 0 Å². The third-order valence-corrected chi connectivity index (χ3v) is 7.19. The first kappa shape index (κ1) is 25.7. The highest BCUT2D eigenvalue weighted by atomic mass is 16.3. The molecule has 1 aliphatic rings. The van der Waals surface area contributed by atoms with E-state index in [-0.39, 0.29) is 24.8 Å². The number of likely N-dealkylation sites (tertiary alicyclic amines) is 1. The van der Waals surface area contributed by atoms with Gasteiger partial charge in [-0.05, 0) is 23.1 Å². The van der Waals surface area contributed by atoms with Crippen molar-refractivity contribution < 1.29 is 14.7 Å². The molecule has 0 bridgehead atoms. The van der Waals surface area contributed by atoms with Crippen LogP contribution in [0.3, 0.4) is 0 Å². The van der Waals surface area contributed by atoms with Crippen LogP contribution in [0.25, 0.3) is 22.2 Å². The Hall–Kier alpha value is -3.98. The predicted octanol–water partition coefficient (Wildman–Crippen LogP) is 3.24. The number of aliphatic hydroxyl groups is 1. The summed E-state index contributed by atoms with van der Waals surface area (Å²) in [7, 11) is 1.54. The number of hydrogen-bond acceptors (Lipinski definition) is 5. The van der Waals surface area contributed by atoms with Crippen LogP contribution in [0.1, 0.15) is 38.9 Å². The molecule has 3 atom stereocenters. The minimum Gasteiger partial charge on any atom is -0.391 e. The lowest BCUT2D eigenvalue weighted by atomic mass is 9.85. The number of nitrogens with zero attached hydrogens (tertiary/aromatic N) is 5. The number of likely N-dealkylation sites (N-methyl/N-ethyl adjacent to an activating group) is 1. The third-order valence-electron chi connectivity index (χ3n) is 7.19. The number of hydrogen-bond donors (Lipinski definition) is 2. The number of aliphatic hydroxyl groups excluding tert-OH is 1. The van der Waals surface area contributed by atoms with E-state index in [2.05, 4.69) is 50.5 Å². The molecule has 2 amide bonds. The molecule has 2 aromatic heterocycles. The number of benzene rings is 2. The third kappa shape index (κ3) is 4.81. The topological polar surface area (TPSA) is 105 Å². The molecule has 0 spiro atoms. The maximum Gasteiger partial charge on any atom is 0.248 e. The molecule has 1 aliphatic heterocycles. The molecule has 0 saturated carbocycles. The summed E-state index contributed by atoms with van der Waals surface area (Å²) in [5.41, 5.74) is 3.47. The minimum absolute atomic E-state index is 0.112. The van der Waals surface area contributed by atoms with Gasteiger partial charge in [0.2, 0.25) is 11.8 Å². The first-order chi connectivity index (χ1) is 18.2. The van der Waals surface area contributed by atoms with Gasteiger partial charge in [-0.3, -0.25) is 9.59 Å². The van der Waals surface area contributed by atoms with Crippen molar-refractivity contribution in [2.45, 2.75) is 51.9 Å². The molecule has 0 radical (unpaired) electrons. The van der Waals surface area contributed by atoms with Crippen LogP contribution in [0.15, 0.2) is 66.9 Å². The number of fused-ring (bicyclic) bond motifs is 1. The predicted molar refractivity (Wildman–Crippen MR) is 145 cm³/mol. The lowest BCUT2D eigenvalue weighted by Crippen LogP contribution is -2.49. The zero-order valence-electron chi connectivity index (χ0n) is 22.2. The monoisotopic (exact) mass is 514 g/mol. The van der Waals surface area contributed by atoms with Crippen molar-refractivity contribution >= 4 is 22.7 Å². The van der Waals surface area contributed by atoms with Crippen molar-refractivity contribution in [3.05, 3.63) is 72.6 Å². The Kier molecular flexibility index (Phi) is 6.79. The van der Waals surface area contributed by atoms with Crippen LogP contribution in [0.5, 0.6) is 0 Å². The summed E-state index contributed by atoms with van der Waals surface area (Å²) in [5.74, 6) is -0.537. The van der Waals surface area contributed by atoms with Gasteiger partial charge in [-0.1, -0.05) is 74.5 Å². The van der Waals surface area contributed by atoms with Crippen LogP contribution in [-0.2, 0) is 16.1 Å². The zero-order chi connectivity index (χ0) is 27.0. The van der Waals surface area contributed by atoms with Crippen LogP contribution < -0.4 is 5.32 Å². The Labute approximate surface area is 222 Å². The van der Waals surface area contributed by atoms with Gasteiger partial charge in [-0.2, -0.15) is 0 Å². The maximum atomic E-state index is 13.9. The number of carbonyl (C=O) groups is 2. The molecule has 0 aliphatic carbocycles. The molecule has 2 N–H and O–H groups in total. The average molecular weight is 515 g/mol. The van der Waals surface area contributed by atoms with Crippen molar-refractivity contribution in [1.82, 2.24) is 29.8 Å². The first-order valence-corrected chi connectivity index (χ1v) is 12.9. The fourth-order valence-corrected chi connectivity index (χ4v) is 5.41. The van der Waals surface area contributed by atoms with E-state index in [1.54, 1.807) is 4.68 Å². The molecule has 2 unspecified atom stereocenters. The van der Waals surface area contributed by atoms with Gasteiger partial charge in [0, 0.05) is 36.6 Å². The lowest BCUT2D eigenvalue weighted by molar-refractivity contribution is -0.144. The van der Waals surface area contributed by atoms with E-state index in [4.69, 9.17) is 0 Å². The van der Waals surface area contributed by atoms with Crippen LogP contribution in [-0.4, -0.2) is 67.1 Å². The maximum absolute atomic E-state index is 13.9. The second-order valence-electron chi connectivity index (χ2n) is 11.0. The first-order valence-electron chi connectivity index (χ1n) is 12.9. The fourth-order valence-electron chi connectivity index (χ4n) is 5.41. The quantitative estimate of drug-likeness (QED) is 0.411. The number of amides is 2. The molecule has 4 aromatic rings. The summed E-state index contributed by atoms with van der Waals surface area (Å²) in [4.78, 5) is 27.8. The minimum atomic E-state index is -0.744. The fraction of sp³-hybridized carbons (Fsp3) is 0.379. The van der Waals surface area contributed by atoms with E-state index >= 15 is 0 Å². The Bertz CT molecular complexity index is 1450. The number of β-amino-alcohol motifs (C(OH)–C–C–N with tert-alkyl or cyclic N) is 1. The van der Waals surface area contributed by atoms with Crippen LogP contribution >= 0.6 is 0 Å². The van der Waals surface area contributed by atoms with Gasteiger partial charge in [0.15, 0.2) is 0 Å². The number of aromatic nitrogens is 4. The summed E-state index contributed by atoms with van der Waals surface area (Å²) in [6.07, 6.45) is 1.29. The molecule has 1 saturated heterocycles. The number of para-hydroxylation sites is 1. The van der Waals surface area contributed by atoms with Gasteiger partial charge in [0.05, 0.1) is 18.8 Å². The highest BCUT2D eigenvalue weighted by Gasteiger charge is 2.45. The number of nitrogens with one attached hydrogen (secondary N) is 1. The summed E-state index contributed by atoms with van der Waals surface area (Å²) in [6.45, 7) is 6.48. The van der Waals surface area contributed by atoms with Crippen molar-refractivity contribution in [3.63, 3.8) is 0 Å². The van der Waals surface area contributed by atoms with Gasteiger partial charge in [0.1, 0.15) is 17.8 Å². The van der Waals surface area contributed by atoms with Gasteiger partial charge < -0.3 is 19.9 Å². The largest absolute Gasteiger partial charge is 0.391 e. The molecule has 9 nitrogen and oxygen atoms in total. The smallest absolute Gasteiger partial charge is 0.248 e. The van der Waals surface area contributed by atoms with E-state index in [9.17, 15) is 14.7 Å². The Balaban J connectivity index is 1.49. The van der Waals surface area contributed by atoms with E-state index in [1.807, 2.05) is 57.3 Å². The number of carbonyl (C=O) groups excluding carboxylic acids is 2. The molecule has 198 valence electrons. The second-order valence-corrected chi connectivity index (χ2v) is 11.0. The van der Waals surface area contributed by atoms with Crippen LogP contribution in [0, 0.1) is 5.41 Å². The van der Waals surface area contributed by atoms with Crippen LogP contribution in [0.2, 0.25) is 0 Å². The van der Waals surface area contributed by atoms with E-state index in [0.29, 0.717) is 6.54 Å². The molecule has 38 heavy (non-hydrogen) atoms. The summed E-state index contributed by atoms with van der Waals surface area (Å²) < 4.78 is 3.82.